The molecule has 0 aliphatic heterocycles. The maximum absolute atomic E-state index is 12.5. The van der Waals surface area contributed by atoms with Crippen LogP contribution in [0.15, 0.2) is 0 Å². The number of hydrogen-bond donors (Lipinski definition) is 4. The average molecular weight is 738 g/mol. The molecule has 0 rings (SSSR count). The van der Waals surface area contributed by atoms with Crippen LogP contribution in [-0.2, 0) is 4.79 Å². The quantitative estimate of drug-likeness (QED) is 0.0469. The largest absolute Gasteiger partial charge is 0.394 e. The first-order valence-corrected chi connectivity index (χ1v) is 23.8. The highest BCUT2D eigenvalue weighted by molar-refractivity contribution is 5.76. The molecule has 312 valence electrons. The molecule has 0 spiro atoms. The molecule has 5 heteroatoms. The third-order valence-electron chi connectivity index (χ3n) is 11.5. The average Bonchev–Trinajstić information content (AvgIpc) is 3.15. The number of aliphatic hydroxyl groups is 3. The van der Waals surface area contributed by atoms with Crippen molar-refractivity contribution in [1.29, 1.82) is 0 Å². The first kappa shape index (κ1) is 51.4. The van der Waals surface area contributed by atoms with Crippen LogP contribution >= 0.6 is 0 Å². The van der Waals surface area contributed by atoms with Gasteiger partial charge in [-0.1, -0.05) is 251 Å². The van der Waals surface area contributed by atoms with Gasteiger partial charge in [-0.15, -0.1) is 0 Å². The summed E-state index contributed by atoms with van der Waals surface area (Å²) in [6.45, 7) is 4.21. The van der Waals surface area contributed by atoms with E-state index in [1.54, 1.807) is 0 Å². The smallest absolute Gasteiger partial charge is 0.220 e. The second-order valence-electron chi connectivity index (χ2n) is 16.7. The van der Waals surface area contributed by atoms with Crippen molar-refractivity contribution in [1.82, 2.24) is 5.32 Å². The van der Waals surface area contributed by atoms with Crippen molar-refractivity contribution in [3.05, 3.63) is 0 Å². The van der Waals surface area contributed by atoms with Crippen molar-refractivity contribution in [3.63, 3.8) is 0 Å². The van der Waals surface area contributed by atoms with E-state index in [4.69, 9.17) is 0 Å². The fourth-order valence-electron chi connectivity index (χ4n) is 7.75. The fourth-order valence-corrected chi connectivity index (χ4v) is 7.75. The minimum atomic E-state index is -1.13. The van der Waals surface area contributed by atoms with Gasteiger partial charge in [0.1, 0.15) is 6.10 Å². The Balaban J connectivity index is 3.54. The van der Waals surface area contributed by atoms with Gasteiger partial charge < -0.3 is 20.6 Å². The van der Waals surface area contributed by atoms with E-state index in [2.05, 4.69) is 19.2 Å². The second-order valence-corrected chi connectivity index (χ2v) is 16.7. The number of carbonyl (C=O) groups excluding carboxylic acids is 1. The molecule has 3 atom stereocenters. The fraction of sp³-hybridized carbons (Fsp3) is 0.979. The molecule has 0 aliphatic rings. The van der Waals surface area contributed by atoms with E-state index >= 15 is 0 Å². The maximum atomic E-state index is 12.5. The van der Waals surface area contributed by atoms with Gasteiger partial charge >= 0.3 is 0 Å². The van der Waals surface area contributed by atoms with E-state index in [9.17, 15) is 20.1 Å². The molecule has 5 nitrogen and oxygen atoms in total. The van der Waals surface area contributed by atoms with Crippen LogP contribution in [0.3, 0.4) is 0 Å². The zero-order chi connectivity index (χ0) is 38.0. The van der Waals surface area contributed by atoms with Gasteiger partial charge in [-0.05, 0) is 12.8 Å². The molecule has 0 saturated heterocycles. The zero-order valence-corrected chi connectivity index (χ0v) is 35.5. The van der Waals surface area contributed by atoms with Crippen molar-refractivity contribution in [2.24, 2.45) is 0 Å². The van der Waals surface area contributed by atoms with Gasteiger partial charge in [0.05, 0.1) is 18.8 Å². The Bertz CT molecular complexity index is 688. The van der Waals surface area contributed by atoms with Crippen LogP contribution in [0.25, 0.3) is 0 Å². The van der Waals surface area contributed by atoms with Gasteiger partial charge in [-0.25, -0.2) is 0 Å². The van der Waals surface area contributed by atoms with E-state index in [1.165, 1.54) is 212 Å². The molecule has 0 radical (unpaired) electrons. The molecule has 0 aliphatic carbocycles. The highest BCUT2D eigenvalue weighted by Crippen LogP contribution is 2.17. The second kappa shape index (κ2) is 43.1. The molecule has 0 aromatic rings. The van der Waals surface area contributed by atoms with E-state index in [1.807, 2.05) is 0 Å². The summed E-state index contributed by atoms with van der Waals surface area (Å²) in [6, 6.07) is -0.803. The Morgan fingerprint density at radius 2 is 0.654 bits per heavy atom. The SMILES string of the molecule is CCCCCCCCCCCCCCCCCCCCCCCCC(=O)NC(CO)C(O)C(O)CCCCCCCCCCCCCCCCCC. The maximum Gasteiger partial charge on any atom is 0.220 e. The summed E-state index contributed by atoms with van der Waals surface area (Å²) in [5.74, 6) is -0.138. The van der Waals surface area contributed by atoms with Crippen LogP contribution < -0.4 is 5.32 Å². The summed E-state index contributed by atoms with van der Waals surface area (Å²) in [7, 11) is 0. The Kier molecular flexibility index (Phi) is 42.5. The third-order valence-corrected chi connectivity index (χ3v) is 11.5. The number of nitrogens with one attached hydrogen (secondary N) is 1. The Labute approximate surface area is 326 Å². The van der Waals surface area contributed by atoms with E-state index in [0.29, 0.717) is 12.8 Å². The Hall–Kier alpha value is -0.650. The lowest BCUT2D eigenvalue weighted by Gasteiger charge is -2.26. The van der Waals surface area contributed by atoms with Gasteiger partial charge in [0.2, 0.25) is 5.91 Å². The predicted molar refractivity (Wildman–Crippen MR) is 227 cm³/mol. The Morgan fingerprint density at radius 3 is 0.923 bits per heavy atom. The molecule has 0 bridgehead atoms. The van der Waals surface area contributed by atoms with E-state index in [0.717, 1.165) is 32.1 Å². The first-order chi connectivity index (χ1) is 25.6. The molecule has 4 N–H and O–H groups in total. The van der Waals surface area contributed by atoms with Crippen molar-refractivity contribution < 1.29 is 20.1 Å². The number of carbonyl (C=O) groups is 1. The van der Waals surface area contributed by atoms with Gasteiger partial charge in [0, 0.05) is 6.42 Å². The van der Waals surface area contributed by atoms with Gasteiger partial charge in [-0.2, -0.15) is 0 Å². The monoisotopic (exact) mass is 738 g/mol. The standard InChI is InChI=1S/C47H95NO4/c1-3-5-7-9-11-13-15-17-19-21-22-23-24-25-26-28-30-32-34-36-38-40-42-46(51)48-44(43-49)47(52)45(50)41-39-37-35-33-31-29-27-20-18-16-14-12-10-8-6-4-2/h44-45,47,49-50,52H,3-43H2,1-2H3,(H,48,51). The van der Waals surface area contributed by atoms with Gasteiger partial charge in [-0.3, -0.25) is 4.79 Å². The molecule has 1 amide bonds. The summed E-state index contributed by atoms with van der Waals surface area (Å²) >= 11 is 0. The molecular formula is C47H95NO4. The van der Waals surface area contributed by atoms with Gasteiger partial charge in [0.25, 0.3) is 0 Å². The summed E-state index contributed by atoms with van der Waals surface area (Å²) in [5, 5.41) is 33.6. The van der Waals surface area contributed by atoms with Gasteiger partial charge in [0.15, 0.2) is 0 Å². The highest BCUT2D eigenvalue weighted by Gasteiger charge is 2.26. The lowest BCUT2D eigenvalue weighted by Crippen LogP contribution is -2.50. The molecule has 3 unspecified atom stereocenters. The van der Waals surface area contributed by atoms with Crippen LogP contribution in [0, 0.1) is 0 Å². The summed E-state index contributed by atoms with van der Waals surface area (Å²) in [6.07, 6.45) is 49.3. The molecule has 0 fully saturated rings. The van der Waals surface area contributed by atoms with E-state index in [-0.39, 0.29) is 12.5 Å². The molecule has 0 aromatic heterocycles. The summed E-state index contributed by atoms with van der Waals surface area (Å²) in [4.78, 5) is 12.5. The topological polar surface area (TPSA) is 89.8 Å². The highest BCUT2D eigenvalue weighted by atomic mass is 16.3. The number of unbranched alkanes of at least 4 members (excludes halogenated alkanes) is 36. The van der Waals surface area contributed by atoms with Crippen molar-refractivity contribution >= 4 is 5.91 Å². The minimum Gasteiger partial charge on any atom is -0.394 e. The molecule has 0 saturated carbocycles. The third kappa shape index (κ3) is 37.7. The van der Waals surface area contributed by atoms with E-state index < -0.39 is 18.2 Å². The lowest BCUT2D eigenvalue weighted by molar-refractivity contribution is -0.124. The summed E-state index contributed by atoms with van der Waals surface area (Å²) in [5.41, 5.74) is 0. The molecule has 0 aromatic carbocycles. The Morgan fingerprint density at radius 1 is 0.404 bits per heavy atom. The van der Waals surface area contributed by atoms with Crippen LogP contribution in [-0.4, -0.2) is 46.1 Å². The molecular weight excluding hydrogens is 643 g/mol. The van der Waals surface area contributed by atoms with Crippen LogP contribution in [0.2, 0.25) is 0 Å². The normalized spacial score (nSPS) is 13.4. The first-order valence-electron chi connectivity index (χ1n) is 23.8. The van der Waals surface area contributed by atoms with Crippen molar-refractivity contribution in [3.8, 4) is 0 Å². The molecule has 52 heavy (non-hydrogen) atoms. The van der Waals surface area contributed by atoms with Crippen molar-refractivity contribution in [2.45, 2.75) is 289 Å². The van der Waals surface area contributed by atoms with Crippen molar-refractivity contribution in [2.75, 3.05) is 6.61 Å². The number of amides is 1. The number of aliphatic hydroxyl groups excluding tert-OH is 3. The van der Waals surface area contributed by atoms with Crippen LogP contribution in [0.1, 0.15) is 271 Å². The minimum absolute atomic E-state index is 0.138. The van der Waals surface area contributed by atoms with Crippen LogP contribution in [0.5, 0.6) is 0 Å². The van der Waals surface area contributed by atoms with Crippen LogP contribution in [0.4, 0.5) is 0 Å². The zero-order valence-electron chi connectivity index (χ0n) is 35.5. The number of rotatable bonds is 44. The number of hydrogen-bond acceptors (Lipinski definition) is 4. The predicted octanol–water partition coefficient (Wildman–Crippen LogP) is 13.8. The molecule has 0 heterocycles. The summed E-state index contributed by atoms with van der Waals surface area (Å²) < 4.78 is 0. The lowest BCUT2D eigenvalue weighted by atomic mass is 9.99.